The molecule has 1 atom stereocenters. The van der Waals surface area contributed by atoms with Crippen LogP contribution in [0.4, 0.5) is 0 Å². The second kappa shape index (κ2) is 6.51. The molecule has 0 aliphatic carbocycles. The molecular weight excluding hydrogens is 232 g/mol. The lowest BCUT2D eigenvalue weighted by molar-refractivity contribution is 0.216. The summed E-state index contributed by atoms with van der Waals surface area (Å²) in [6.07, 6.45) is 1.48. The molecule has 96 valence electrons. The zero-order valence-electron chi connectivity index (χ0n) is 9.30. The van der Waals surface area contributed by atoms with Gasteiger partial charge in [0.1, 0.15) is 0 Å². The predicted molar refractivity (Wildman–Crippen MR) is 60.6 cm³/mol. The van der Waals surface area contributed by atoms with Crippen molar-refractivity contribution in [1.82, 2.24) is 9.62 Å². The predicted octanol–water partition coefficient (Wildman–Crippen LogP) is -1.65. The smallest absolute Gasteiger partial charge is 0.218 e. The van der Waals surface area contributed by atoms with Crippen LogP contribution < -0.4 is 5.32 Å². The van der Waals surface area contributed by atoms with Gasteiger partial charge in [-0.3, -0.25) is 0 Å². The number of aliphatic hydroxyl groups is 2. The first-order valence-electron chi connectivity index (χ1n) is 5.54. The minimum atomic E-state index is -3.40. The van der Waals surface area contributed by atoms with Crippen LogP contribution in [0.1, 0.15) is 12.8 Å². The number of hydrogen-bond donors (Lipinski definition) is 3. The van der Waals surface area contributed by atoms with Crippen LogP contribution in [0.5, 0.6) is 0 Å². The van der Waals surface area contributed by atoms with Crippen LogP contribution in [0.2, 0.25) is 0 Å². The summed E-state index contributed by atoms with van der Waals surface area (Å²) in [5.74, 6) is 0. The first kappa shape index (κ1) is 13.9. The molecule has 1 fully saturated rings. The summed E-state index contributed by atoms with van der Waals surface area (Å²) >= 11 is 0. The Balaban J connectivity index is 2.70. The van der Waals surface area contributed by atoms with Gasteiger partial charge in [0.25, 0.3) is 0 Å². The fraction of sp³-hybridized carbons (Fsp3) is 1.00. The monoisotopic (exact) mass is 252 g/mol. The summed E-state index contributed by atoms with van der Waals surface area (Å²) in [5, 5.41) is 20.3. The highest BCUT2D eigenvalue weighted by Gasteiger charge is 2.32. The average molecular weight is 252 g/mol. The zero-order chi connectivity index (χ0) is 12.0. The Bertz CT molecular complexity index is 282. The molecule has 0 saturated carbocycles. The van der Waals surface area contributed by atoms with Gasteiger partial charge in [-0.25, -0.2) is 8.42 Å². The molecular formula is C9H20N2O4S. The van der Waals surface area contributed by atoms with E-state index in [1.54, 1.807) is 0 Å². The number of aliphatic hydroxyl groups excluding tert-OH is 2. The Labute approximate surface area is 96.3 Å². The highest BCUT2D eigenvalue weighted by molar-refractivity contribution is 7.89. The maximum atomic E-state index is 12.1. The van der Waals surface area contributed by atoms with Crippen molar-refractivity contribution in [2.24, 2.45) is 0 Å². The molecule has 16 heavy (non-hydrogen) atoms. The molecule has 0 spiro atoms. The van der Waals surface area contributed by atoms with E-state index >= 15 is 0 Å². The molecule has 7 heteroatoms. The van der Waals surface area contributed by atoms with Crippen molar-refractivity contribution < 1.29 is 18.6 Å². The van der Waals surface area contributed by atoms with Crippen molar-refractivity contribution in [3.05, 3.63) is 0 Å². The SMILES string of the molecule is O=S(=O)(C1CCCNC1)N(CCO)CCO. The van der Waals surface area contributed by atoms with E-state index in [4.69, 9.17) is 10.2 Å². The Morgan fingerprint density at radius 3 is 2.31 bits per heavy atom. The molecule has 0 radical (unpaired) electrons. The Morgan fingerprint density at radius 1 is 1.25 bits per heavy atom. The molecule has 3 N–H and O–H groups in total. The minimum Gasteiger partial charge on any atom is -0.395 e. The van der Waals surface area contributed by atoms with Crippen LogP contribution in [0.15, 0.2) is 0 Å². The van der Waals surface area contributed by atoms with E-state index in [1.807, 2.05) is 0 Å². The number of rotatable bonds is 6. The first-order valence-corrected chi connectivity index (χ1v) is 7.04. The van der Waals surface area contributed by atoms with Crippen LogP contribution in [0.3, 0.4) is 0 Å². The van der Waals surface area contributed by atoms with Crippen molar-refractivity contribution in [3.8, 4) is 0 Å². The van der Waals surface area contributed by atoms with Crippen molar-refractivity contribution in [3.63, 3.8) is 0 Å². The van der Waals surface area contributed by atoms with Gasteiger partial charge in [-0.15, -0.1) is 0 Å². The van der Waals surface area contributed by atoms with Gasteiger partial charge < -0.3 is 15.5 Å². The number of piperidine rings is 1. The lowest BCUT2D eigenvalue weighted by atomic mass is 10.2. The Kier molecular flexibility index (Phi) is 5.63. The van der Waals surface area contributed by atoms with E-state index in [-0.39, 0.29) is 26.3 Å². The summed E-state index contributed by atoms with van der Waals surface area (Å²) in [6, 6.07) is 0. The van der Waals surface area contributed by atoms with Crippen molar-refractivity contribution in [2.45, 2.75) is 18.1 Å². The van der Waals surface area contributed by atoms with Crippen molar-refractivity contribution in [2.75, 3.05) is 39.4 Å². The topological polar surface area (TPSA) is 89.9 Å². The average Bonchev–Trinajstić information content (AvgIpc) is 2.30. The lowest BCUT2D eigenvalue weighted by Gasteiger charge is -2.29. The Hall–Kier alpha value is -0.210. The largest absolute Gasteiger partial charge is 0.395 e. The van der Waals surface area contributed by atoms with Crippen LogP contribution in [0, 0.1) is 0 Å². The van der Waals surface area contributed by atoms with E-state index in [2.05, 4.69) is 5.32 Å². The van der Waals surface area contributed by atoms with Gasteiger partial charge in [-0.05, 0) is 19.4 Å². The third-order valence-electron chi connectivity index (χ3n) is 2.73. The maximum absolute atomic E-state index is 12.1. The van der Waals surface area contributed by atoms with Gasteiger partial charge in [0, 0.05) is 19.6 Å². The van der Waals surface area contributed by atoms with Gasteiger partial charge >= 0.3 is 0 Å². The minimum absolute atomic E-state index is 0.0550. The van der Waals surface area contributed by atoms with Gasteiger partial charge in [0.2, 0.25) is 10.0 Å². The zero-order valence-corrected chi connectivity index (χ0v) is 10.1. The van der Waals surface area contributed by atoms with E-state index in [0.717, 1.165) is 13.0 Å². The Morgan fingerprint density at radius 2 is 1.88 bits per heavy atom. The normalized spacial score (nSPS) is 22.6. The van der Waals surface area contributed by atoms with E-state index in [0.29, 0.717) is 13.0 Å². The van der Waals surface area contributed by atoms with Crippen LogP contribution in [-0.4, -0.2) is 67.6 Å². The van der Waals surface area contributed by atoms with Crippen molar-refractivity contribution >= 4 is 10.0 Å². The lowest BCUT2D eigenvalue weighted by Crippen LogP contribution is -2.47. The molecule has 1 aliphatic rings. The van der Waals surface area contributed by atoms with Crippen LogP contribution >= 0.6 is 0 Å². The van der Waals surface area contributed by atoms with Crippen LogP contribution in [0.25, 0.3) is 0 Å². The number of sulfonamides is 1. The fourth-order valence-electron chi connectivity index (χ4n) is 1.87. The molecule has 1 heterocycles. The van der Waals surface area contributed by atoms with Gasteiger partial charge in [-0.1, -0.05) is 0 Å². The molecule has 1 aliphatic heterocycles. The van der Waals surface area contributed by atoms with E-state index in [9.17, 15) is 8.42 Å². The molecule has 0 aromatic carbocycles. The summed E-state index contributed by atoms with van der Waals surface area (Å²) in [5.41, 5.74) is 0. The molecule has 0 bridgehead atoms. The van der Waals surface area contributed by atoms with Crippen molar-refractivity contribution in [1.29, 1.82) is 0 Å². The number of nitrogens with one attached hydrogen (secondary N) is 1. The first-order chi connectivity index (χ1) is 7.62. The summed E-state index contributed by atoms with van der Waals surface area (Å²) < 4.78 is 25.4. The van der Waals surface area contributed by atoms with E-state index in [1.165, 1.54) is 4.31 Å². The third kappa shape index (κ3) is 3.39. The molecule has 1 saturated heterocycles. The summed E-state index contributed by atoms with van der Waals surface area (Å²) in [7, 11) is -3.40. The molecule has 0 aromatic heterocycles. The maximum Gasteiger partial charge on any atom is 0.218 e. The van der Waals surface area contributed by atoms with Gasteiger partial charge in [0.15, 0.2) is 0 Å². The third-order valence-corrected chi connectivity index (χ3v) is 5.06. The summed E-state index contributed by atoms with van der Waals surface area (Å²) in [6.45, 7) is 0.971. The van der Waals surface area contributed by atoms with Gasteiger partial charge in [-0.2, -0.15) is 4.31 Å². The second-order valence-electron chi connectivity index (χ2n) is 3.86. The fourth-order valence-corrected chi connectivity index (χ4v) is 3.76. The molecule has 1 rings (SSSR count). The van der Waals surface area contributed by atoms with Gasteiger partial charge in [0.05, 0.1) is 18.5 Å². The van der Waals surface area contributed by atoms with Crippen LogP contribution in [-0.2, 0) is 10.0 Å². The standard InChI is InChI=1S/C9H20N2O4S/c12-6-4-11(5-7-13)16(14,15)9-2-1-3-10-8-9/h9-10,12-13H,1-8H2. The number of nitrogens with zero attached hydrogens (tertiary/aromatic N) is 1. The molecule has 6 nitrogen and oxygen atoms in total. The quantitative estimate of drug-likeness (QED) is 0.527. The number of hydrogen-bond acceptors (Lipinski definition) is 5. The molecule has 1 unspecified atom stereocenters. The molecule has 0 amide bonds. The second-order valence-corrected chi connectivity index (χ2v) is 6.07. The highest BCUT2D eigenvalue weighted by Crippen LogP contribution is 2.15. The summed E-state index contributed by atoms with van der Waals surface area (Å²) in [4.78, 5) is 0. The molecule has 0 aromatic rings. The highest BCUT2D eigenvalue weighted by atomic mass is 32.2. The van der Waals surface area contributed by atoms with E-state index < -0.39 is 15.3 Å².